The topological polar surface area (TPSA) is 66.8 Å². The largest absolute Gasteiger partial charge is 0.508 e. The third-order valence-electron chi connectivity index (χ3n) is 14.8. The van der Waals surface area contributed by atoms with Gasteiger partial charge in [-0.1, -0.05) is 67.0 Å². The number of carbonyl (C=O) groups excluding carboxylic acids is 1. The molecule has 0 aromatic heterocycles. The standard InChI is InChI=1S/C18H30O2.C16H28O.C10H14O/c1-5-17(3,4)16(19)20-18(6-2)14-8-12-7-13(10-14)11-15(18)9-12;1-4-14(2,3)10-15-6-12-5-13(7-15)9-16(17,8-12)11-15;1-3-8(2)9-4-6-10(11)7-5-9/h12-15H,5-11H2,1-4H3;12-13,17H,4-11H2,1-3H3;4-8,11H,3H2,1-2H3. The molecule has 0 heterocycles. The number of carbonyl (C=O) groups is 1. The van der Waals surface area contributed by atoms with Crippen LogP contribution in [0.15, 0.2) is 24.3 Å². The molecular weight excluding hydrogens is 592 g/mol. The van der Waals surface area contributed by atoms with E-state index in [9.17, 15) is 9.90 Å². The van der Waals surface area contributed by atoms with E-state index in [4.69, 9.17) is 9.84 Å². The van der Waals surface area contributed by atoms with Gasteiger partial charge in [-0.25, -0.2) is 0 Å². The van der Waals surface area contributed by atoms with Crippen molar-refractivity contribution in [1.29, 1.82) is 0 Å². The average molecular weight is 665 g/mol. The Morgan fingerprint density at radius 1 is 0.812 bits per heavy atom. The van der Waals surface area contributed by atoms with Crippen LogP contribution in [0, 0.1) is 51.8 Å². The van der Waals surface area contributed by atoms with Crippen LogP contribution in [0.25, 0.3) is 0 Å². The van der Waals surface area contributed by atoms with E-state index < -0.39 is 0 Å². The van der Waals surface area contributed by atoms with Gasteiger partial charge >= 0.3 is 5.97 Å². The van der Waals surface area contributed by atoms with Gasteiger partial charge in [-0.3, -0.25) is 4.79 Å². The van der Waals surface area contributed by atoms with Crippen LogP contribution in [-0.4, -0.2) is 27.4 Å². The van der Waals surface area contributed by atoms with E-state index in [-0.39, 0.29) is 22.6 Å². The Bertz CT molecular complexity index is 1180. The van der Waals surface area contributed by atoms with Gasteiger partial charge in [0.25, 0.3) is 0 Å². The highest BCUT2D eigenvalue weighted by Crippen LogP contribution is 2.65. The van der Waals surface area contributed by atoms with Crippen molar-refractivity contribution in [3.05, 3.63) is 29.8 Å². The number of phenols is 1. The van der Waals surface area contributed by atoms with Crippen LogP contribution in [0.4, 0.5) is 0 Å². The smallest absolute Gasteiger partial charge is 0.312 e. The minimum Gasteiger partial charge on any atom is -0.508 e. The van der Waals surface area contributed by atoms with E-state index in [1.807, 2.05) is 26.0 Å². The molecule has 8 aliphatic rings. The van der Waals surface area contributed by atoms with Crippen molar-refractivity contribution in [2.75, 3.05) is 0 Å². The molecule has 48 heavy (non-hydrogen) atoms. The fourth-order valence-corrected chi connectivity index (χ4v) is 12.0. The molecule has 0 amide bonds. The monoisotopic (exact) mass is 665 g/mol. The second-order valence-electron chi connectivity index (χ2n) is 19.5. The predicted molar refractivity (Wildman–Crippen MR) is 198 cm³/mol. The second-order valence-corrected chi connectivity index (χ2v) is 19.5. The normalized spacial score (nSPS) is 38.0. The first kappa shape index (κ1) is 37.7. The van der Waals surface area contributed by atoms with E-state index in [1.165, 1.54) is 69.8 Å². The number of hydrogen-bond acceptors (Lipinski definition) is 4. The molecule has 8 bridgehead atoms. The molecule has 0 saturated heterocycles. The number of aliphatic hydroxyl groups is 1. The third-order valence-corrected chi connectivity index (χ3v) is 14.8. The van der Waals surface area contributed by atoms with Gasteiger partial charge in [-0.05, 0) is 180 Å². The van der Waals surface area contributed by atoms with Gasteiger partial charge < -0.3 is 14.9 Å². The Kier molecular flexibility index (Phi) is 11.2. The first-order valence-electron chi connectivity index (χ1n) is 20.2. The van der Waals surface area contributed by atoms with E-state index in [1.54, 1.807) is 12.1 Å². The third kappa shape index (κ3) is 8.00. The molecule has 0 aliphatic heterocycles. The number of aromatic hydroxyl groups is 1. The highest BCUT2D eigenvalue weighted by atomic mass is 16.6. The summed E-state index contributed by atoms with van der Waals surface area (Å²) in [5.74, 6) is 5.79. The number of hydrogen-bond donors (Lipinski definition) is 2. The molecule has 4 nitrogen and oxygen atoms in total. The first-order valence-corrected chi connectivity index (χ1v) is 20.2. The molecule has 9 rings (SSSR count). The summed E-state index contributed by atoms with van der Waals surface area (Å²) in [6, 6.07) is 7.43. The molecule has 1 aromatic rings. The van der Waals surface area contributed by atoms with Gasteiger partial charge in [0.05, 0.1) is 11.0 Å². The summed E-state index contributed by atoms with van der Waals surface area (Å²) in [6.07, 6.45) is 19.8. The summed E-state index contributed by atoms with van der Waals surface area (Å²) < 4.78 is 6.28. The van der Waals surface area contributed by atoms with E-state index >= 15 is 0 Å². The van der Waals surface area contributed by atoms with Gasteiger partial charge in [0, 0.05) is 0 Å². The summed E-state index contributed by atoms with van der Waals surface area (Å²) in [4.78, 5) is 12.6. The van der Waals surface area contributed by atoms with Crippen molar-refractivity contribution in [2.45, 2.75) is 182 Å². The summed E-state index contributed by atoms with van der Waals surface area (Å²) in [6.45, 7) is 19.8. The van der Waals surface area contributed by atoms with Crippen LogP contribution in [0.5, 0.6) is 5.75 Å². The zero-order valence-electron chi connectivity index (χ0n) is 32.4. The highest BCUT2D eigenvalue weighted by Gasteiger charge is 2.60. The lowest BCUT2D eigenvalue weighted by atomic mass is 9.45. The SMILES string of the molecule is CCC(C)(C)C(=O)OC1(CC)C2CC3CC(C2)CC1C3.CCC(C)(C)CC12CC3CC(CC(O)(C3)C1)C2.CCC(C)c1ccc(O)cc1. The van der Waals surface area contributed by atoms with Crippen LogP contribution >= 0.6 is 0 Å². The molecule has 0 spiro atoms. The maximum Gasteiger partial charge on any atom is 0.312 e. The molecule has 0 radical (unpaired) electrons. The molecule has 3 unspecified atom stereocenters. The quantitative estimate of drug-likeness (QED) is 0.258. The zero-order chi connectivity index (χ0) is 35.1. The lowest BCUT2D eigenvalue weighted by Gasteiger charge is -2.61. The van der Waals surface area contributed by atoms with Gasteiger partial charge in [0.15, 0.2) is 0 Å². The summed E-state index contributed by atoms with van der Waals surface area (Å²) in [5.41, 5.74) is 1.52. The Labute approximate surface area is 294 Å². The van der Waals surface area contributed by atoms with Crippen LogP contribution in [0.1, 0.15) is 177 Å². The fourth-order valence-electron chi connectivity index (χ4n) is 12.0. The lowest BCUT2D eigenvalue weighted by molar-refractivity contribution is -0.218. The molecule has 8 fully saturated rings. The molecular formula is C44H72O4. The van der Waals surface area contributed by atoms with E-state index in [2.05, 4.69) is 48.5 Å². The molecule has 3 atom stereocenters. The highest BCUT2D eigenvalue weighted by molar-refractivity contribution is 5.76. The minimum absolute atomic E-state index is 0.0364. The van der Waals surface area contributed by atoms with Crippen LogP contribution in [0.2, 0.25) is 0 Å². The Morgan fingerprint density at radius 2 is 1.33 bits per heavy atom. The average Bonchev–Trinajstić information content (AvgIpc) is 3.01. The van der Waals surface area contributed by atoms with Gasteiger partial charge in [0.2, 0.25) is 0 Å². The van der Waals surface area contributed by atoms with Crippen LogP contribution < -0.4 is 0 Å². The van der Waals surface area contributed by atoms with Gasteiger partial charge in [-0.15, -0.1) is 0 Å². The van der Waals surface area contributed by atoms with E-state index in [0.717, 1.165) is 62.2 Å². The molecule has 8 aliphatic carbocycles. The number of ether oxygens (including phenoxy) is 1. The minimum atomic E-state index is -0.336. The molecule has 8 saturated carbocycles. The second kappa shape index (κ2) is 14.2. The number of rotatable bonds is 9. The molecule has 4 heteroatoms. The molecule has 1 aromatic carbocycles. The number of esters is 1. The summed E-state index contributed by atoms with van der Waals surface area (Å²) >= 11 is 0. The molecule has 272 valence electrons. The number of benzene rings is 1. The van der Waals surface area contributed by atoms with Gasteiger partial charge in [0.1, 0.15) is 11.4 Å². The maximum absolute atomic E-state index is 12.6. The molecule has 2 N–H and O–H groups in total. The maximum atomic E-state index is 12.6. The Balaban J connectivity index is 0.000000147. The number of phenolic OH excluding ortho intramolecular Hbond substituents is 1. The zero-order valence-corrected chi connectivity index (χ0v) is 32.4. The van der Waals surface area contributed by atoms with Crippen molar-refractivity contribution in [2.24, 2.45) is 51.8 Å². The lowest BCUT2D eigenvalue weighted by Crippen LogP contribution is -2.60. The van der Waals surface area contributed by atoms with Crippen molar-refractivity contribution in [1.82, 2.24) is 0 Å². The van der Waals surface area contributed by atoms with Crippen LogP contribution in [-0.2, 0) is 9.53 Å². The first-order chi connectivity index (χ1) is 22.5. The van der Waals surface area contributed by atoms with Crippen molar-refractivity contribution >= 4 is 5.97 Å². The summed E-state index contributed by atoms with van der Waals surface area (Å²) in [5, 5.41) is 19.7. The van der Waals surface area contributed by atoms with Crippen molar-refractivity contribution < 1.29 is 19.7 Å². The van der Waals surface area contributed by atoms with E-state index in [0.29, 0.717) is 34.3 Å². The van der Waals surface area contributed by atoms with Gasteiger partial charge in [-0.2, -0.15) is 0 Å². The fraction of sp³-hybridized carbons (Fsp3) is 0.841. The van der Waals surface area contributed by atoms with Crippen molar-refractivity contribution in [3.63, 3.8) is 0 Å². The van der Waals surface area contributed by atoms with Crippen molar-refractivity contribution in [3.8, 4) is 5.75 Å². The predicted octanol–water partition coefficient (Wildman–Crippen LogP) is 11.6. The Hall–Kier alpha value is -1.55. The summed E-state index contributed by atoms with van der Waals surface area (Å²) in [7, 11) is 0. The Morgan fingerprint density at radius 3 is 1.77 bits per heavy atom. The van der Waals surface area contributed by atoms with Crippen LogP contribution in [0.3, 0.4) is 0 Å².